The molecule has 0 atom stereocenters. The second-order valence-electron chi connectivity index (χ2n) is 6.23. The summed E-state index contributed by atoms with van der Waals surface area (Å²) in [5.41, 5.74) is 0.0160. The number of nitrogens with one attached hydrogen (secondary N) is 1. The Hall–Kier alpha value is -3.42. The molecule has 0 saturated carbocycles. The lowest BCUT2D eigenvalue weighted by Crippen LogP contribution is -2.07. The molecule has 0 bridgehead atoms. The summed E-state index contributed by atoms with van der Waals surface area (Å²) in [5, 5.41) is 15.1. The molecule has 1 aromatic carbocycles. The number of nitriles is 1. The van der Waals surface area contributed by atoms with Crippen molar-refractivity contribution >= 4 is 39.0 Å². The van der Waals surface area contributed by atoms with Gasteiger partial charge in [-0.15, -0.1) is 11.3 Å². The predicted molar refractivity (Wildman–Crippen MR) is 110 cm³/mol. The van der Waals surface area contributed by atoms with E-state index in [1.807, 2.05) is 0 Å². The number of halogens is 4. The van der Waals surface area contributed by atoms with Crippen molar-refractivity contribution in [3.05, 3.63) is 69.8 Å². The number of benzene rings is 1. The Morgan fingerprint density at radius 3 is 2.65 bits per heavy atom. The number of thiophene rings is 1. The number of nitrogens with zero attached hydrogens (tertiary/aromatic N) is 4. The van der Waals surface area contributed by atoms with E-state index in [-0.39, 0.29) is 5.75 Å². The molecular formula is C20H11ClF3N5OS. The number of aromatic nitrogens is 3. The summed E-state index contributed by atoms with van der Waals surface area (Å²) < 4.78 is 46.5. The molecule has 0 aliphatic rings. The molecule has 4 aromatic rings. The first-order valence-electron chi connectivity index (χ1n) is 8.81. The minimum Gasteiger partial charge on any atom is -0.451 e. The molecule has 0 unspecified atom stereocenters. The summed E-state index contributed by atoms with van der Waals surface area (Å²) in [6.07, 6.45) is 2.07. The minimum absolute atomic E-state index is 0.0755. The van der Waals surface area contributed by atoms with Crippen LogP contribution in [-0.4, -0.2) is 21.5 Å². The molecule has 0 saturated heterocycles. The van der Waals surface area contributed by atoms with Gasteiger partial charge in [0.25, 0.3) is 5.95 Å². The van der Waals surface area contributed by atoms with Crippen LogP contribution in [0.1, 0.15) is 11.3 Å². The van der Waals surface area contributed by atoms with Gasteiger partial charge in [-0.1, -0.05) is 23.7 Å². The third-order valence-corrected chi connectivity index (χ3v) is 5.59. The summed E-state index contributed by atoms with van der Waals surface area (Å²) >= 11 is 7.62. The largest absolute Gasteiger partial charge is 0.451 e. The first-order valence-corrected chi connectivity index (χ1v) is 10.1. The fourth-order valence-corrected chi connectivity index (χ4v) is 3.93. The lowest BCUT2D eigenvalue weighted by atomic mass is 10.1. The van der Waals surface area contributed by atoms with Crippen molar-refractivity contribution < 1.29 is 17.9 Å². The summed E-state index contributed by atoms with van der Waals surface area (Å²) in [6, 6.07) is 7.71. The molecule has 3 aromatic heterocycles. The fraction of sp³-hybridized carbons (Fsp3) is 0.100. The van der Waals surface area contributed by atoms with Gasteiger partial charge in [0.05, 0.1) is 10.4 Å². The lowest BCUT2D eigenvalue weighted by molar-refractivity contribution is 0.373. The van der Waals surface area contributed by atoms with Gasteiger partial charge in [0, 0.05) is 11.9 Å². The number of ether oxygens (including phenoxy) is 1. The summed E-state index contributed by atoms with van der Waals surface area (Å²) in [7, 11) is 0. The smallest absolute Gasteiger partial charge is 0.254 e. The molecule has 0 spiro atoms. The molecule has 4 rings (SSSR count). The van der Waals surface area contributed by atoms with E-state index >= 15 is 0 Å². The van der Waals surface area contributed by atoms with E-state index < -0.39 is 29.0 Å². The van der Waals surface area contributed by atoms with Crippen LogP contribution in [0.2, 0.25) is 5.02 Å². The van der Waals surface area contributed by atoms with Gasteiger partial charge in [0.15, 0.2) is 5.69 Å². The van der Waals surface area contributed by atoms with Crippen LogP contribution in [0.25, 0.3) is 10.2 Å². The monoisotopic (exact) mass is 461 g/mol. The molecule has 11 heteroatoms. The zero-order chi connectivity index (χ0) is 22.0. The number of hydrogen-bond donors (Lipinski definition) is 1. The molecule has 1 N–H and O–H groups in total. The van der Waals surface area contributed by atoms with E-state index in [0.717, 1.165) is 15.8 Å². The highest BCUT2D eigenvalue weighted by Crippen LogP contribution is 2.33. The Kier molecular flexibility index (Phi) is 5.88. The van der Waals surface area contributed by atoms with Crippen molar-refractivity contribution in [1.29, 1.82) is 5.26 Å². The van der Waals surface area contributed by atoms with Crippen molar-refractivity contribution in [3.63, 3.8) is 0 Å². The van der Waals surface area contributed by atoms with Crippen LogP contribution in [-0.2, 0) is 6.42 Å². The molecule has 0 aliphatic heterocycles. The van der Waals surface area contributed by atoms with E-state index in [4.69, 9.17) is 21.6 Å². The van der Waals surface area contributed by atoms with Gasteiger partial charge in [0.1, 0.15) is 28.8 Å². The van der Waals surface area contributed by atoms with Gasteiger partial charge in [-0.2, -0.15) is 18.4 Å². The molecule has 0 amide bonds. The number of anilines is 1. The highest BCUT2D eigenvalue weighted by Gasteiger charge is 2.22. The maximum Gasteiger partial charge on any atom is 0.254 e. The maximum absolute atomic E-state index is 14.1. The summed E-state index contributed by atoms with van der Waals surface area (Å²) in [4.78, 5) is 12.1. The van der Waals surface area contributed by atoms with Crippen LogP contribution in [0.4, 0.5) is 19.0 Å². The Balaban J connectivity index is 1.43. The number of hydrogen-bond acceptors (Lipinski definition) is 7. The third-order valence-electron chi connectivity index (χ3n) is 4.28. The fourth-order valence-electron chi connectivity index (χ4n) is 2.80. The quantitative estimate of drug-likeness (QED) is 0.383. The van der Waals surface area contributed by atoms with Crippen LogP contribution in [0.3, 0.4) is 0 Å². The first kappa shape index (κ1) is 20.8. The Labute approximate surface area is 182 Å². The Morgan fingerprint density at radius 1 is 1.13 bits per heavy atom. The molecular weight excluding hydrogens is 451 g/mol. The first-order chi connectivity index (χ1) is 15.0. The number of pyridine rings is 1. The second kappa shape index (κ2) is 8.75. The summed E-state index contributed by atoms with van der Waals surface area (Å²) in [6.45, 7) is 0.544. The van der Waals surface area contributed by atoms with Crippen molar-refractivity contribution in [3.8, 4) is 17.6 Å². The highest BCUT2D eigenvalue weighted by atomic mass is 35.5. The van der Waals surface area contributed by atoms with E-state index in [1.165, 1.54) is 35.9 Å². The summed E-state index contributed by atoms with van der Waals surface area (Å²) in [5.74, 6) is -4.88. The lowest BCUT2D eigenvalue weighted by Gasteiger charge is -2.10. The zero-order valence-electron chi connectivity index (χ0n) is 15.5. The molecule has 156 valence electrons. The normalized spacial score (nSPS) is 10.8. The molecule has 3 heterocycles. The van der Waals surface area contributed by atoms with Gasteiger partial charge in [-0.05, 0) is 24.1 Å². The van der Waals surface area contributed by atoms with Gasteiger partial charge < -0.3 is 10.1 Å². The molecule has 0 fully saturated rings. The minimum atomic E-state index is -1.61. The Bertz CT molecular complexity index is 1310. The molecule has 0 radical (unpaired) electrons. The standard InChI is InChI=1S/C20H11ClF3N5OS/c21-12-8-31-20-14(12)19(27-9-28-20)26-6-5-10-1-3-11(4-2-10)30-17-15(22)13(7-25)29-18(24)16(17)23/h1-4,8-9H,5-6H2,(H,26,27,28). The van der Waals surface area contributed by atoms with Crippen molar-refractivity contribution in [2.45, 2.75) is 6.42 Å². The predicted octanol–water partition coefficient (Wildman–Crippen LogP) is 5.48. The van der Waals surface area contributed by atoms with Crippen LogP contribution >= 0.6 is 22.9 Å². The maximum atomic E-state index is 14.1. The Morgan fingerprint density at radius 2 is 1.90 bits per heavy atom. The second-order valence-corrected chi connectivity index (χ2v) is 7.49. The van der Waals surface area contributed by atoms with Crippen molar-refractivity contribution in [2.24, 2.45) is 0 Å². The third kappa shape index (κ3) is 4.23. The van der Waals surface area contributed by atoms with E-state index in [9.17, 15) is 13.2 Å². The number of fused-ring (bicyclic) bond motifs is 1. The van der Waals surface area contributed by atoms with Crippen molar-refractivity contribution in [1.82, 2.24) is 15.0 Å². The molecule has 0 aliphatic carbocycles. The van der Waals surface area contributed by atoms with Gasteiger partial charge in [-0.3, -0.25) is 0 Å². The molecule has 6 nitrogen and oxygen atoms in total. The highest BCUT2D eigenvalue weighted by molar-refractivity contribution is 7.17. The average Bonchev–Trinajstić information content (AvgIpc) is 3.16. The van der Waals surface area contributed by atoms with Crippen LogP contribution in [0, 0.1) is 28.9 Å². The average molecular weight is 462 g/mol. The van der Waals surface area contributed by atoms with Gasteiger partial charge >= 0.3 is 0 Å². The zero-order valence-corrected chi connectivity index (χ0v) is 17.1. The topological polar surface area (TPSA) is 83.7 Å². The van der Waals surface area contributed by atoms with Gasteiger partial charge in [0.2, 0.25) is 17.4 Å². The SMILES string of the molecule is N#Cc1nc(F)c(F)c(Oc2ccc(CCNc3ncnc4scc(Cl)c34)cc2)c1F. The van der Waals surface area contributed by atoms with E-state index in [0.29, 0.717) is 23.8 Å². The van der Waals surface area contributed by atoms with Crippen LogP contribution in [0.15, 0.2) is 36.0 Å². The van der Waals surface area contributed by atoms with Crippen LogP contribution < -0.4 is 10.1 Å². The van der Waals surface area contributed by atoms with E-state index in [1.54, 1.807) is 17.5 Å². The van der Waals surface area contributed by atoms with Crippen LogP contribution in [0.5, 0.6) is 11.5 Å². The van der Waals surface area contributed by atoms with E-state index in [2.05, 4.69) is 20.3 Å². The molecule has 31 heavy (non-hydrogen) atoms. The van der Waals surface area contributed by atoms with Gasteiger partial charge in [-0.25, -0.2) is 15.0 Å². The van der Waals surface area contributed by atoms with Crippen molar-refractivity contribution in [2.75, 3.05) is 11.9 Å². The number of rotatable bonds is 6.